The Balaban J connectivity index is 1.75. The number of ether oxygens (including phenoxy) is 1. The molecule has 7 heteroatoms. The van der Waals surface area contributed by atoms with E-state index in [9.17, 15) is 5.11 Å². The molecule has 2 rings (SSSR count). The number of rotatable bonds is 8. The average Bonchev–Trinajstić information content (AvgIpc) is 3.21. The van der Waals surface area contributed by atoms with Crippen LogP contribution in [-0.2, 0) is 11.2 Å². The van der Waals surface area contributed by atoms with Gasteiger partial charge in [0.05, 0.1) is 17.3 Å². The van der Waals surface area contributed by atoms with Crippen molar-refractivity contribution in [3.63, 3.8) is 0 Å². The van der Waals surface area contributed by atoms with E-state index in [1.165, 1.54) is 5.01 Å². The molecule has 24 heavy (non-hydrogen) atoms. The molecule has 3 N–H and O–H groups in total. The van der Waals surface area contributed by atoms with Crippen LogP contribution in [0, 0.1) is 5.41 Å². The lowest BCUT2D eigenvalue weighted by molar-refractivity contribution is 0.127. The third-order valence-electron chi connectivity index (χ3n) is 4.42. The Morgan fingerprint density at radius 2 is 2.33 bits per heavy atom. The van der Waals surface area contributed by atoms with Gasteiger partial charge in [-0.15, -0.1) is 11.3 Å². The van der Waals surface area contributed by atoms with E-state index in [4.69, 9.17) is 4.74 Å². The van der Waals surface area contributed by atoms with Gasteiger partial charge in [0.1, 0.15) is 0 Å². The minimum atomic E-state index is 0.0213. The molecule has 6 nitrogen and oxygen atoms in total. The Morgan fingerprint density at radius 3 is 2.92 bits per heavy atom. The molecule has 1 aliphatic heterocycles. The molecule has 1 aromatic heterocycles. The van der Waals surface area contributed by atoms with Gasteiger partial charge < -0.3 is 20.5 Å². The van der Waals surface area contributed by atoms with Gasteiger partial charge in [0, 0.05) is 56.5 Å². The summed E-state index contributed by atoms with van der Waals surface area (Å²) < 4.78 is 5.52. The van der Waals surface area contributed by atoms with Crippen molar-refractivity contribution in [2.24, 2.45) is 10.4 Å². The average molecular weight is 355 g/mol. The molecule has 0 saturated carbocycles. The first kappa shape index (κ1) is 19.1. The van der Waals surface area contributed by atoms with Crippen LogP contribution in [0.4, 0.5) is 0 Å². The molecule has 0 bridgehead atoms. The highest BCUT2D eigenvalue weighted by molar-refractivity contribution is 7.09. The summed E-state index contributed by atoms with van der Waals surface area (Å²) in [6, 6.07) is 0. The minimum absolute atomic E-state index is 0.0213. The van der Waals surface area contributed by atoms with Crippen molar-refractivity contribution in [1.82, 2.24) is 15.6 Å². The van der Waals surface area contributed by atoms with Gasteiger partial charge in [0.15, 0.2) is 5.96 Å². The molecule has 1 aromatic rings. The van der Waals surface area contributed by atoms with Crippen LogP contribution in [0.25, 0.3) is 0 Å². The Bertz CT molecular complexity index is 524. The topological polar surface area (TPSA) is 78.8 Å². The number of aliphatic imine (C=N–C) groups is 1. The second-order valence-corrected chi connectivity index (χ2v) is 7.60. The summed E-state index contributed by atoms with van der Waals surface area (Å²) >= 11 is 1.73. The predicted octanol–water partition coefficient (Wildman–Crippen LogP) is 1.76. The summed E-state index contributed by atoms with van der Waals surface area (Å²) in [6.07, 6.45) is 2.62. The molecule has 136 valence electrons. The van der Waals surface area contributed by atoms with Crippen molar-refractivity contribution in [2.75, 3.05) is 40.0 Å². The van der Waals surface area contributed by atoms with Crippen molar-refractivity contribution in [3.05, 3.63) is 16.1 Å². The highest BCUT2D eigenvalue weighted by atomic mass is 32.1. The van der Waals surface area contributed by atoms with Gasteiger partial charge in [-0.3, -0.25) is 4.99 Å². The number of hydrogen-bond donors (Lipinski definition) is 3. The molecule has 0 amide bonds. The maximum Gasteiger partial charge on any atom is 0.191 e. The lowest BCUT2D eigenvalue weighted by Crippen LogP contribution is -2.45. The lowest BCUT2D eigenvalue weighted by atomic mass is 9.84. The SMILES string of the molecule is CN=C(NCCc1csc(C(C)C)n1)NCC1(CCO)CCOC1. The highest BCUT2D eigenvalue weighted by Gasteiger charge is 2.34. The summed E-state index contributed by atoms with van der Waals surface area (Å²) in [6.45, 7) is 7.57. The van der Waals surface area contributed by atoms with Crippen molar-refractivity contribution in [1.29, 1.82) is 0 Å². The molecule has 1 atom stereocenters. The molecule has 1 aliphatic rings. The fourth-order valence-electron chi connectivity index (χ4n) is 2.82. The van der Waals surface area contributed by atoms with Gasteiger partial charge in [-0.05, 0) is 12.8 Å². The van der Waals surface area contributed by atoms with Gasteiger partial charge in [0.2, 0.25) is 0 Å². The Morgan fingerprint density at radius 1 is 1.50 bits per heavy atom. The monoisotopic (exact) mass is 354 g/mol. The number of aliphatic hydroxyl groups excluding tert-OH is 1. The molecular formula is C17H30N4O2S. The van der Waals surface area contributed by atoms with Gasteiger partial charge >= 0.3 is 0 Å². The quantitative estimate of drug-likeness (QED) is 0.490. The van der Waals surface area contributed by atoms with Gasteiger partial charge in [-0.25, -0.2) is 4.98 Å². The number of thiazole rings is 1. The molecule has 0 spiro atoms. The predicted molar refractivity (Wildman–Crippen MR) is 98.8 cm³/mol. The van der Waals surface area contributed by atoms with Crippen LogP contribution >= 0.6 is 11.3 Å². The second-order valence-electron chi connectivity index (χ2n) is 6.71. The third-order valence-corrected chi connectivity index (χ3v) is 5.61. The summed E-state index contributed by atoms with van der Waals surface area (Å²) in [7, 11) is 1.78. The van der Waals surface area contributed by atoms with Crippen molar-refractivity contribution in [3.8, 4) is 0 Å². The maximum absolute atomic E-state index is 9.29. The first-order chi connectivity index (χ1) is 11.6. The largest absolute Gasteiger partial charge is 0.396 e. The molecule has 1 fully saturated rings. The molecular weight excluding hydrogens is 324 g/mol. The van der Waals surface area contributed by atoms with Crippen molar-refractivity contribution >= 4 is 17.3 Å². The first-order valence-electron chi connectivity index (χ1n) is 8.66. The number of nitrogens with one attached hydrogen (secondary N) is 2. The summed E-state index contributed by atoms with van der Waals surface area (Å²) in [4.78, 5) is 8.93. The number of hydrogen-bond acceptors (Lipinski definition) is 5. The Kier molecular flexibility index (Phi) is 7.45. The standard InChI is InChI=1S/C17H30N4O2S/c1-13(2)15-21-14(10-24-15)4-7-19-16(18-3)20-11-17(5-8-22)6-9-23-12-17/h10,13,22H,4-9,11-12H2,1-3H3,(H2,18,19,20). The highest BCUT2D eigenvalue weighted by Crippen LogP contribution is 2.31. The number of aliphatic hydroxyl groups is 1. The zero-order valence-corrected chi connectivity index (χ0v) is 15.8. The summed E-state index contributed by atoms with van der Waals surface area (Å²) in [5.74, 6) is 1.28. The van der Waals surface area contributed by atoms with E-state index in [1.807, 2.05) is 0 Å². The second kappa shape index (κ2) is 9.34. The molecule has 1 unspecified atom stereocenters. The van der Waals surface area contributed by atoms with Crippen LogP contribution in [0.2, 0.25) is 0 Å². The van der Waals surface area contributed by atoms with E-state index < -0.39 is 0 Å². The molecule has 0 aliphatic carbocycles. The Labute approximate surface area is 148 Å². The first-order valence-corrected chi connectivity index (χ1v) is 9.54. The van der Waals surface area contributed by atoms with Crippen LogP contribution in [0.1, 0.15) is 43.3 Å². The fourth-order valence-corrected chi connectivity index (χ4v) is 3.68. The molecule has 1 saturated heterocycles. The zero-order chi connectivity index (χ0) is 17.4. The van der Waals surface area contributed by atoms with Crippen LogP contribution < -0.4 is 10.6 Å². The third kappa shape index (κ3) is 5.43. The number of nitrogens with zero attached hydrogens (tertiary/aromatic N) is 2. The van der Waals surface area contributed by atoms with E-state index in [2.05, 4.69) is 39.8 Å². The summed E-state index contributed by atoms with van der Waals surface area (Å²) in [5.41, 5.74) is 1.15. The van der Waals surface area contributed by atoms with E-state index in [-0.39, 0.29) is 12.0 Å². The Hall–Kier alpha value is -1.18. The van der Waals surface area contributed by atoms with Crippen LogP contribution in [0.3, 0.4) is 0 Å². The van der Waals surface area contributed by atoms with Gasteiger partial charge in [0.25, 0.3) is 0 Å². The normalized spacial score (nSPS) is 21.5. The van der Waals surface area contributed by atoms with Gasteiger partial charge in [-0.1, -0.05) is 13.8 Å². The van der Waals surface area contributed by atoms with Crippen LogP contribution in [0.15, 0.2) is 10.4 Å². The zero-order valence-electron chi connectivity index (χ0n) is 15.0. The molecule has 2 heterocycles. The lowest BCUT2D eigenvalue weighted by Gasteiger charge is -2.27. The van der Waals surface area contributed by atoms with Crippen molar-refractivity contribution in [2.45, 2.75) is 39.0 Å². The molecule has 0 aromatic carbocycles. The summed E-state index contributed by atoms with van der Waals surface area (Å²) in [5, 5.41) is 19.3. The van der Waals surface area contributed by atoms with Crippen LogP contribution in [-0.4, -0.2) is 56.0 Å². The van der Waals surface area contributed by atoms with E-state index in [1.54, 1.807) is 18.4 Å². The molecule has 0 radical (unpaired) electrons. The van der Waals surface area contributed by atoms with E-state index in [0.717, 1.165) is 50.6 Å². The smallest absolute Gasteiger partial charge is 0.191 e. The number of aromatic nitrogens is 1. The van der Waals surface area contributed by atoms with E-state index in [0.29, 0.717) is 12.5 Å². The van der Waals surface area contributed by atoms with Crippen molar-refractivity contribution < 1.29 is 9.84 Å². The minimum Gasteiger partial charge on any atom is -0.396 e. The fraction of sp³-hybridized carbons (Fsp3) is 0.765. The number of guanidine groups is 1. The van der Waals surface area contributed by atoms with E-state index >= 15 is 0 Å². The maximum atomic E-state index is 9.29. The van der Waals surface area contributed by atoms with Crippen LogP contribution in [0.5, 0.6) is 0 Å². The van der Waals surface area contributed by atoms with Gasteiger partial charge in [-0.2, -0.15) is 0 Å².